The van der Waals surface area contributed by atoms with Crippen LogP contribution in [-0.4, -0.2) is 59.8 Å². The standard InChI is InChI=1S/C9H20B2I2N3O2/c1-11(18)15(7-4-5-14)6-2-3-8-16(13-12)9(10)17/h18H,2-8,14H2,1H3/q-1. The zero-order valence-corrected chi connectivity index (χ0v) is 15.0. The number of nitrogens with zero attached hydrogens (tertiary/aromatic N) is 2. The molecule has 0 aliphatic carbocycles. The molecule has 0 atom stereocenters. The van der Waals surface area contributed by atoms with E-state index in [0.29, 0.717) is 6.54 Å². The molecule has 0 aromatic carbocycles. The predicted octanol–water partition coefficient (Wildman–Crippen LogP) is -2.53. The summed E-state index contributed by atoms with van der Waals surface area (Å²) in [5.41, 5.74) is 5.46. The molecule has 0 saturated heterocycles. The van der Waals surface area contributed by atoms with E-state index in [-0.39, 0.29) is 23.3 Å². The van der Waals surface area contributed by atoms with Crippen molar-refractivity contribution in [2.24, 2.45) is 5.73 Å². The van der Waals surface area contributed by atoms with E-state index < -0.39 is 7.05 Å². The summed E-state index contributed by atoms with van der Waals surface area (Å²) < 4.78 is 1.71. The maximum absolute atomic E-state index is 11.0. The van der Waals surface area contributed by atoms with Crippen LogP contribution in [0.3, 0.4) is 0 Å². The molecule has 9 heteroatoms. The molecule has 0 spiro atoms. The van der Waals surface area contributed by atoms with Crippen molar-refractivity contribution in [3.63, 3.8) is 0 Å². The van der Waals surface area contributed by atoms with Crippen LogP contribution < -0.4 is 23.2 Å². The van der Waals surface area contributed by atoms with Crippen molar-refractivity contribution in [2.45, 2.75) is 26.1 Å². The Balaban J connectivity index is 3.81. The van der Waals surface area contributed by atoms with E-state index in [1.165, 1.54) is 0 Å². The number of hydrogen-bond acceptors (Lipinski definition) is 4. The number of unbranched alkanes of at least 4 members (excludes halogenated alkanes) is 1. The van der Waals surface area contributed by atoms with Crippen LogP contribution in [0.5, 0.6) is 0 Å². The first-order valence-electron chi connectivity index (χ1n) is 5.98. The van der Waals surface area contributed by atoms with Crippen LogP contribution in [0.1, 0.15) is 19.3 Å². The summed E-state index contributed by atoms with van der Waals surface area (Å²) in [4.78, 5) is 13.0. The monoisotopic (exact) mass is 478 g/mol. The van der Waals surface area contributed by atoms with Gasteiger partial charge in [0.2, 0.25) is 0 Å². The summed E-state index contributed by atoms with van der Waals surface area (Å²) in [6.07, 6.45) is 2.74. The summed E-state index contributed by atoms with van der Waals surface area (Å²) >= 11 is 1.92. The first-order chi connectivity index (χ1) is 8.52. The van der Waals surface area contributed by atoms with Crippen molar-refractivity contribution in [3.8, 4) is 0 Å². The van der Waals surface area contributed by atoms with Crippen molar-refractivity contribution in [1.29, 1.82) is 0 Å². The van der Waals surface area contributed by atoms with Gasteiger partial charge < -0.3 is 0 Å². The van der Waals surface area contributed by atoms with Gasteiger partial charge in [0.1, 0.15) is 0 Å². The maximum atomic E-state index is 11.0. The fourth-order valence-electron chi connectivity index (χ4n) is 1.52. The van der Waals surface area contributed by atoms with Gasteiger partial charge in [-0.05, 0) is 0 Å². The molecule has 0 aliphatic heterocycles. The molecule has 0 bridgehead atoms. The molecule has 0 aromatic rings. The van der Waals surface area contributed by atoms with Gasteiger partial charge in [-0.3, -0.25) is 0 Å². The summed E-state index contributed by atoms with van der Waals surface area (Å²) in [6, 6.07) is 0. The molecule has 3 N–H and O–H groups in total. The Morgan fingerprint density at radius 1 is 1.39 bits per heavy atom. The van der Waals surface area contributed by atoms with Crippen LogP contribution in [0.2, 0.25) is 6.82 Å². The number of carbonyl (C=O) groups excluding carboxylic acids is 1. The number of carbonyl (C=O) groups is 1. The summed E-state index contributed by atoms with van der Waals surface area (Å²) in [5.74, 6) is -0.326. The molecule has 1 amide bonds. The van der Waals surface area contributed by atoms with E-state index in [9.17, 15) is 9.82 Å². The molecule has 0 aromatic heterocycles. The van der Waals surface area contributed by atoms with Gasteiger partial charge in [0, 0.05) is 0 Å². The van der Waals surface area contributed by atoms with Crippen LogP contribution >= 0.6 is 18.6 Å². The second kappa shape index (κ2) is 11.7. The number of nitrogens with two attached hydrogens (primary N) is 1. The minimum atomic E-state index is -0.444. The minimum absolute atomic E-state index is 0.306. The van der Waals surface area contributed by atoms with Gasteiger partial charge in [-0.25, -0.2) is 0 Å². The summed E-state index contributed by atoms with van der Waals surface area (Å²) in [6.45, 7) is 4.76. The van der Waals surface area contributed by atoms with Gasteiger partial charge in [0.15, 0.2) is 0 Å². The Bertz CT molecular complexity index is 238. The molecule has 0 saturated carbocycles. The molecular weight excluding hydrogens is 458 g/mol. The van der Waals surface area contributed by atoms with Crippen LogP contribution in [-0.2, 0) is 0 Å². The Morgan fingerprint density at radius 2 is 1.94 bits per heavy atom. The molecule has 18 heavy (non-hydrogen) atoms. The van der Waals surface area contributed by atoms with Crippen molar-refractivity contribution >= 4 is 39.3 Å². The van der Waals surface area contributed by atoms with Crippen molar-refractivity contribution < 1.29 is 27.3 Å². The van der Waals surface area contributed by atoms with Crippen LogP contribution in [0, 0.1) is 0 Å². The fourth-order valence-corrected chi connectivity index (χ4v) is 4.65. The first kappa shape index (κ1) is 18.9. The van der Waals surface area contributed by atoms with E-state index in [2.05, 4.69) is 18.6 Å². The topological polar surface area (TPSA) is 69.8 Å². The number of halogens is 2. The predicted molar refractivity (Wildman–Crippen MR) is 80.2 cm³/mol. The van der Waals surface area contributed by atoms with E-state index >= 15 is 0 Å². The van der Waals surface area contributed by atoms with Gasteiger partial charge in [0.25, 0.3) is 0 Å². The third-order valence-electron chi connectivity index (χ3n) is 2.54. The van der Waals surface area contributed by atoms with Gasteiger partial charge in [-0.1, -0.05) is 0 Å². The Hall–Kier alpha value is 0.940. The third-order valence-corrected chi connectivity index (χ3v) is 6.90. The van der Waals surface area contributed by atoms with E-state index in [1.807, 2.05) is 4.81 Å². The van der Waals surface area contributed by atoms with Crippen LogP contribution in [0.4, 0.5) is 4.79 Å². The molecule has 5 nitrogen and oxygen atoms in total. The molecular formula is C9H20B2I2N3O2-. The Morgan fingerprint density at radius 3 is 2.39 bits per heavy atom. The normalized spacial score (nSPS) is 10.9. The molecule has 0 rings (SSSR count). The summed E-state index contributed by atoms with van der Waals surface area (Å²) in [7, 11) is 4.80. The third kappa shape index (κ3) is 8.94. The van der Waals surface area contributed by atoms with Gasteiger partial charge in [-0.15, -0.1) is 0 Å². The molecule has 0 heterocycles. The second-order valence-electron chi connectivity index (χ2n) is 4.01. The number of hydrogen-bond donors (Lipinski definition) is 2. The molecule has 2 radical (unpaired) electrons. The fraction of sp³-hybridized carbons (Fsp3) is 0.889. The second-order valence-corrected chi connectivity index (χ2v) is 7.98. The Kier molecular flexibility index (Phi) is 12.4. The van der Waals surface area contributed by atoms with Gasteiger partial charge in [-0.2, -0.15) is 0 Å². The molecule has 0 aliphatic rings. The van der Waals surface area contributed by atoms with Crippen LogP contribution in [0.15, 0.2) is 0 Å². The number of amides is 1. The van der Waals surface area contributed by atoms with Gasteiger partial charge >= 0.3 is 133 Å². The molecule has 0 fully saturated rings. The van der Waals surface area contributed by atoms with Crippen molar-refractivity contribution in [1.82, 2.24) is 7.92 Å². The summed E-state index contributed by atoms with van der Waals surface area (Å²) in [5, 5.41) is 9.59. The zero-order valence-electron chi connectivity index (χ0n) is 10.7. The Labute approximate surface area is 132 Å². The van der Waals surface area contributed by atoms with Crippen molar-refractivity contribution in [2.75, 3.05) is 26.2 Å². The first-order valence-corrected chi connectivity index (χ1v) is 13.2. The number of rotatable bonds is 10. The SMILES string of the molecule is [B]C(=O)N(CCCCN(CCCN)B(C)O)[I-]I. The molecule has 104 valence electrons. The van der Waals surface area contributed by atoms with Crippen molar-refractivity contribution in [3.05, 3.63) is 0 Å². The van der Waals surface area contributed by atoms with E-state index in [1.54, 1.807) is 9.94 Å². The zero-order chi connectivity index (χ0) is 14.0. The van der Waals surface area contributed by atoms with E-state index in [4.69, 9.17) is 13.6 Å². The average Bonchev–Trinajstić information content (AvgIpc) is 2.31. The van der Waals surface area contributed by atoms with Gasteiger partial charge in [0.05, 0.1) is 0 Å². The average molecular weight is 478 g/mol. The van der Waals surface area contributed by atoms with E-state index in [0.717, 1.165) is 38.9 Å². The quantitative estimate of drug-likeness (QED) is 0.158. The van der Waals surface area contributed by atoms with Crippen LogP contribution in [0.25, 0.3) is 0 Å². The molecule has 0 unspecified atom stereocenters.